The Labute approximate surface area is 107 Å². The summed E-state index contributed by atoms with van der Waals surface area (Å²) in [5, 5.41) is 0. The van der Waals surface area contributed by atoms with Gasteiger partial charge in [0.1, 0.15) is 18.4 Å². The van der Waals surface area contributed by atoms with Crippen LogP contribution in [-0.4, -0.2) is 24.5 Å². The SMILES string of the molecule is CC1C=CC2=C(CCC3(COC(N)=N3)C2)C1C=O. The van der Waals surface area contributed by atoms with Crippen molar-refractivity contribution in [2.75, 3.05) is 6.61 Å². The molecule has 4 heteroatoms. The fourth-order valence-electron chi connectivity index (χ4n) is 3.27. The fourth-order valence-corrected chi connectivity index (χ4v) is 3.27. The van der Waals surface area contributed by atoms with Gasteiger partial charge in [-0.05, 0) is 24.3 Å². The van der Waals surface area contributed by atoms with Crippen molar-refractivity contribution in [1.82, 2.24) is 0 Å². The van der Waals surface area contributed by atoms with Crippen LogP contribution in [0.25, 0.3) is 0 Å². The van der Waals surface area contributed by atoms with Gasteiger partial charge in [0.2, 0.25) is 0 Å². The number of aldehydes is 1. The van der Waals surface area contributed by atoms with E-state index in [9.17, 15) is 4.79 Å². The van der Waals surface area contributed by atoms with E-state index in [2.05, 4.69) is 24.1 Å². The molecule has 0 radical (unpaired) electrons. The lowest BCUT2D eigenvalue weighted by Gasteiger charge is -2.36. The molecule has 2 aliphatic carbocycles. The lowest BCUT2D eigenvalue weighted by atomic mass is 9.70. The van der Waals surface area contributed by atoms with E-state index in [1.165, 1.54) is 11.1 Å². The van der Waals surface area contributed by atoms with Crippen LogP contribution in [0.1, 0.15) is 26.2 Å². The van der Waals surface area contributed by atoms with Gasteiger partial charge in [-0.3, -0.25) is 0 Å². The largest absolute Gasteiger partial charge is 0.463 e. The molecule has 3 rings (SSSR count). The number of aliphatic imine (C=N–C) groups is 1. The second-order valence-corrected chi connectivity index (χ2v) is 5.57. The Bertz CT molecular complexity index is 478. The molecular formula is C14H18N2O2. The zero-order chi connectivity index (χ0) is 12.8. The molecule has 0 fully saturated rings. The summed E-state index contributed by atoms with van der Waals surface area (Å²) in [5.41, 5.74) is 8.00. The molecule has 4 nitrogen and oxygen atoms in total. The van der Waals surface area contributed by atoms with Gasteiger partial charge in [-0.2, -0.15) is 0 Å². The number of amidine groups is 1. The zero-order valence-electron chi connectivity index (χ0n) is 10.6. The van der Waals surface area contributed by atoms with Gasteiger partial charge in [0.05, 0.1) is 0 Å². The number of allylic oxidation sites excluding steroid dienone is 3. The quantitative estimate of drug-likeness (QED) is 0.714. The Morgan fingerprint density at radius 1 is 1.61 bits per heavy atom. The van der Waals surface area contributed by atoms with E-state index < -0.39 is 0 Å². The smallest absolute Gasteiger partial charge is 0.282 e. The number of nitrogens with two attached hydrogens (primary N) is 1. The molecule has 1 heterocycles. The van der Waals surface area contributed by atoms with Gasteiger partial charge < -0.3 is 15.3 Å². The second kappa shape index (κ2) is 3.97. The van der Waals surface area contributed by atoms with E-state index in [0.29, 0.717) is 18.5 Å². The molecule has 1 aliphatic heterocycles. The van der Waals surface area contributed by atoms with Crippen molar-refractivity contribution >= 4 is 12.3 Å². The summed E-state index contributed by atoms with van der Waals surface area (Å²) in [6.07, 6.45) is 8.07. The Balaban J connectivity index is 1.91. The summed E-state index contributed by atoms with van der Waals surface area (Å²) in [6, 6.07) is 0.305. The van der Waals surface area contributed by atoms with E-state index in [1.54, 1.807) is 0 Å². The molecule has 1 spiro atoms. The molecule has 0 amide bonds. The Hall–Kier alpha value is -1.58. The highest BCUT2D eigenvalue weighted by molar-refractivity contribution is 5.74. The standard InChI is InChI=1S/C14H18N2O2/c1-9-2-3-10-6-14(8-18-13(15)16-14)5-4-11(10)12(9)7-17/h2-3,7,9,12H,4-6,8H2,1H3,(H2,15,16). The number of carbonyl (C=O) groups excluding carboxylic acids is 1. The minimum absolute atomic E-state index is 0.0472. The highest BCUT2D eigenvalue weighted by Gasteiger charge is 2.42. The Morgan fingerprint density at radius 2 is 2.44 bits per heavy atom. The minimum Gasteiger partial charge on any atom is -0.463 e. The number of carbonyl (C=O) groups is 1. The topological polar surface area (TPSA) is 64.7 Å². The Kier molecular flexibility index (Phi) is 2.54. The van der Waals surface area contributed by atoms with Gasteiger partial charge in [0.25, 0.3) is 6.02 Å². The number of nitrogens with zero attached hydrogens (tertiary/aromatic N) is 1. The normalized spacial score (nSPS) is 38.4. The average Bonchev–Trinajstić information content (AvgIpc) is 2.71. The zero-order valence-corrected chi connectivity index (χ0v) is 10.6. The maximum atomic E-state index is 11.2. The van der Waals surface area contributed by atoms with Crippen molar-refractivity contribution in [2.24, 2.45) is 22.6 Å². The summed E-state index contributed by atoms with van der Waals surface area (Å²) >= 11 is 0. The first-order valence-electron chi connectivity index (χ1n) is 6.47. The van der Waals surface area contributed by atoms with Gasteiger partial charge >= 0.3 is 0 Å². The molecule has 0 aromatic carbocycles. The predicted octanol–water partition coefficient (Wildman–Crippen LogP) is 1.57. The van der Waals surface area contributed by atoms with Crippen LogP contribution >= 0.6 is 0 Å². The molecule has 0 aromatic heterocycles. The van der Waals surface area contributed by atoms with Gasteiger partial charge in [0.15, 0.2) is 0 Å². The molecule has 18 heavy (non-hydrogen) atoms. The maximum Gasteiger partial charge on any atom is 0.282 e. The third-order valence-corrected chi connectivity index (χ3v) is 4.34. The van der Waals surface area contributed by atoms with Crippen LogP contribution in [-0.2, 0) is 9.53 Å². The van der Waals surface area contributed by atoms with Crippen molar-refractivity contribution in [1.29, 1.82) is 0 Å². The first-order valence-corrected chi connectivity index (χ1v) is 6.47. The summed E-state index contributed by atoms with van der Waals surface area (Å²) in [4.78, 5) is 15.7. The summed E-state index contributed by atoms with van der Waals surface area (Å²) in [5.74, 6) is 0.356. The molecule has 0 saturated carbocycles. The molecule has 3 aliphatic rings. The monoisotopic (exact) mass is 246 g/mol. The van der Waals surface area contributed by atoms with Gasteiger partial charge in [-0.15, -0.1) is 0 Å². The molecule has 0 bridgehead atoms. The van der Waals surface area contributed by atoms with Gasteiger partial charge in [-0.25, -0.2) is 4.99 Å². The molecule has 3 atom stereocenters. The average molecular weight is 246 g/mol. The van der Waals surface area contributed by atoms with E-state index >= 15 is 0 Å². The third kappa shape index (κ3) is 1.67. The number of ether oxygens (including phenoxy) is 1. The second-order valence-electron chi connectivity index (χ2n) is 5.57. The Morgan fingerprint density at radius 3 is 3.11 bits per heavy atom. The third-order valence-electron chi connectivity index (χ3n) is 4.34. The van der Waals surface area contributed by atoms with Crippen LogP contribution in [0.2, 0.25) is 0 Å². The molecular weight excluding hydrogens is 228 g/mol. The van der Waals surface area contributed by atoms with Crippen molar-refractivity contribution in [2.45, 2.75) is 31.7 Å². The van der Waals surface area contributed by atoms with Crippen molar-refractivity contribution in [3.05, 3.63) is 23.3 Å². The van der Waals surface area contributed by atoms with E-state index in [1.807, 2.05) is 0 Å². The molecule has 96 valence electrons. The first-order chi connectivity index (χ1) is 8.63. The van der Waals surface area contributed by atoms with Crippen LogP contribution in [0.4, 0.5) is 0 Å². The number of hydrogen-bond donors (Lipinski definition) is 1. The highest BCUT2D eigenvalue weighted by atomic mass is 16.5. The predicted molar refractivity (Wildman–Crippen MR) is 69.0 cm³/mol. The van der Waals surface area contributed by atoms with E-state index in [0.717, 1.165) is 25.5 Å². The summed E-state index contributed by atoms with van der Waals surface area (Å²) in [6.45, 7) is 2.67. The molecule has 0 saturated heterocycles. The lowest BCUT2D eigenvalue weighted by Crippen LogP contribution is -2.35. The van der Waals surface area contributed by atoms with Crippen LogP contribution in [0.3, 0.4) is 0 Å². The summed E-state index contributed by atoms with van der Waals surface area (Å²) < 4.78 is 5.31. The molecule has 0 aromatic rings. The lowest BCUT2D eigenvalue weighted by molar-refractivity contribution is -0.111. The van der Waals surface area contributed by atoms with Crippen molar-refractivity contribution < 1.29 is 9.53 Å². The number of rotatable bonds is 1. The van der Waals surface area contributed by atoms with Gasteiger partial charge in [0, 0.05) is 12.3 Å². The molecule has 3 unspecified atom stereocenters. The van der Waals surface area contributed by atoms with Crippen LogP contribution < -0.4 is 5.73 Å². The van der Waals surface area contributed by atoms with Crippen LogP contribution in [0, 0.1) is 11.8 Å². The summed E-state index contributed by atoms with van der Waals surface area (Å²) in [7, 11) is 0. The van der Waals surface area contributed by atoms with Crippen molar-refractivity contribution in [3.63, 3.8) is 0 Å². The van der Waals surface area contributed by atoms with E-state index in [-0.39, 0.29) is 11.5 Å². The van der Waals surface area contributed by atoms with Gasteiger partial charge in [-0.1, -0.05) is 24.6 Å². The van der Waals surface area contributed by atoms with E-state index in [4.69, 9.17) is 10.5 Å². The number of hydrogen-bond acceptors (Lipinski definition) is 4. The highest BCUT2D eigenvalue weighted by Crippen LogP contribution is 2.44. The van der Waals surface area contributed by atoms with Crippen molar-refractivity contribution in [3.8, 4) is 0 Å². The minimum atomic E-state index is -0.179. The van der Waals surface area contributed by atoms with Crippen LogP contribution in [0.15, 0.2) is 28.3 Å². The fraction of sp³-hybridized carbons (Fsp3) is 0.571. The van der Waals surface area contributed by atoms with Crippen LogP contribution in [0.5, 0.6) is 0 Å². The molecule has 2 N–H and O–H groups in total. The maximum absolute atomic E-state index is 11.2. The first kappa shape index (κ1) is 11.5.